The molecule has 0 aliphatic rings. The minimum atomic E-state index is -0.301. The third-order valence-electron chi connectivity index (χ3n) is 15.3. The van der Waals surface area contributed by atoms with Crippen molar-refractivity contribution in [3.8, 4) is 63.5 Å². The number of benzene rings is 10. The molecule has 0 saturated heterocycles. The fourth-order valence-corrected chi connectivity index (χ4v) is 12.6. The Kier molecular flexibility index (Phi) is 14.4. The zero-order chi connectivity index (χ0) is 60.0. The first-order valence-corrected chi connectivity index (χ1v) is 28.0. The predicted molar refractivity (Wildman–Crippen MR) is 341 cm³/mol. The van der Waals surface area contributed by atoms with Crippen LogP contribution in [0.15, 0.2) is 200 Å². The fraction of sp³-hybridized carbons (Fsp3) is 0. The molecule has 0 atom stereocenters. The monoisotopic (exact) mass is 1150 g/mol. The molecule has 0 aliphatic heterocycles. The molecule has 16 rings (SSSR count). The Balaban J connectivity index is 0.000000148. The van der Waals surface area contributed by atoms with Crippen molar-refractivity contribution < 1.29 is 29.0 Å². The van der Waals surface area contributed by atoms with Crippen LogP contribution in [0.3, 0.4) is 0 Å². The maximum absolute atomic E-state index is 11.1. The van der Waals surface area contributed by atoms with Crippen molar-refractivity contribution in [1.82, 2.24) is 34.9 Å². The Bertz CT molecular complexity index is 5600. The van der Waals surface area contributed by atoms with Gasteiger partial charge in [-0.3, -0.25) is 4.98 Å². The summed E-state index contributed by atoms with van der Waals surface area (Å²) in [6, 6.07) is 73.9. The van der Waals surface area contributed by atoms with Crippen LogP contribution in [0.1, 0.15) is 22.8 Å². The summed E-state index contributed by atoms with van der Waals surface area (Å²) in [5.74, 6) is -0.557. The van der Waals surface area contributed by atoms with Gasteiger partial charge in [-0.05, 0) is 114 Å². The van der Waals surface area contributed by atoms with Crippen molar-refractivity contribution >= 4 is 130 Å². The molecule has 0 fully saturated rings. The molecule has 6 heterocycles. The molecule has 404 valence electrons. The molecule has 16 aromatic rings. The Morgan fingerprint density at radius 2 is 0.865 bits per heavy atom. The number of aromatic amines is 1. The van der Waals surface area contributed by atoms with Crippen molar-refractivity contribution in [3.05, 3.63) is 246 Å². The molecule has 0 spiro atoms. The summed E-state index contributed by atoms with van der Waals surface area (Å²) in [7, 11) is 0. The van der Waals surface area contributed by atoms with E-state index in [1.807, 2.05) is 35.7 Å². The van der Waals surface area contributed by atoms with Crippen LogP contribution in [0.4, 0.5) is 11.6 Å². The maximum Gasteiger partial charge on any atom is 1.00 e. The average Bonchev–Trinajstić information content (AvgIpc) is 1.18. The fourth-order valence-electron chi connectivity index (χ4n) is 11.4. The second-order valence-electron chi connectivity index (χ2n) is 20.2. The van der Waals surface area contributed by atoms with Gasteiger partial charge in [0.1, 0.15) is 46.3 Å². The van der Waals surface area contributed by atoms with Crippen molar-refractivity contribution in [2.75, 3.05) is 0 Å². The van der Waals surface area contributed by atoms with Crippen LogP contribution in [0.5, 0.6) is 5.75 Å². The first kappa shape index (κ1) is 55.6. The number of pyridine rings is 2. The quantitative estimate of drug-likeness (QED) is 0.0696. The molecular weight excluding hydrogens is 1120 g/mol. The van der Waals surface area contributed by atoms with Gasteiger partial charge in [0.25, 0.3) is 11.6 Å². The zero-order valence-electron chi connectivity index (χ0n) is 46.7. The van der Waals surface area contributed by atoms with E-state index in [1.54, 1.807) is 42.6 Å². The first-order chi connectivity index (χ1) is 43.3. The van der Waals surface area contributed by atoms with E-state index in [1.165, 1.54) is 85.5 Å². The molecular formula is C72H34LiN14OS+. The molecule has 1 N–H and O–H groups in total. The van der Waals surface area contributed by atoms with Crippen molar-refractivity contribution in [2.24, 2.45) is 0 Å². The van der Waals surface area contributed by atoms with E-state index in [0.29, 0.717) is 5.52 Å². The molecule has 0 radical (unpaired) electrons. The summed E-state index contributed by atoms with van der Waals surface area (Å²) in [4.78, 5) is 39.0. The largest absolute Gasteiger partial charge is 1.00 e. The van der Waals surface area contributed by atoms with Gasteiger partial charge in [-0.25, -0.2) is 24.9 Å². The minimum Gasteiger partial charge on any atom is -0.868 e. The van der Waals surface area contributed by atoms with Gasteiger partial charge in [0.2, 0.25) is 16.6 Å². The summed E-state index contributed by atoms with van der Waals surface area (Å²) in [6.07, 6.45) is 3.72. The molecule has 6 aromatic heterocycles. The molecule has 0 bridgehead atoms. The smallest absolute Gasteiger partial charge is 0.868 e. The summed E-state index contributed by atoms with van der Waals surface area (Å²) in [5, 5.41) is 61.8. The van der Waals surface area contributed by atoms with Gasteiger partial charge in [0.05, 0.1) is 10.4 Å². The number of H-pyrrole nitrogens is 1. The second-order valence-corrected chi connectivity index (χ2v) is 21.2. The zero-order valence-corrected chi connectivity index (χ0v) is 47.5. The second kappa shape index (κ2) is 23.1. The Morgan fingerprint density at radius 1 is 0.416 bits per heavy atom. The van der Waals surface area contributed by atoms with Crippen LogP contribution in [0.25, 0.3) is 150 Å². The molecule has 89 heavy (non-hydrogen) atoms. The molecule has 0 amide bonds. The molecule has 17 heteroatoms. The SMILES string of the molecule is [C-]#[N+]c1nc2c3nc(C#N)c(C#N)nc3c3nc(C#N)c(C#N)nc3c2nc1[N+]#[C-].[Li+].[O-]c1cccc2ccc[nH+]c12.c1ccc2cc(-c3c4ccccc4c(-c4ccc5ccccc5c4)c4cc(-c5nccc6c5sc5ccccc56)ccc34)ccc2c1. The van der Waals surface area contributed by atoms with E-state index >= 15 is 0 Å². The third kappa shape index (κ3) is 9.62. The summed E-state index contributed by atoms with van der Waals surface area (Å²) in [5.41, 5.74) is 6.63. The van der Waals surface area contributed by atoms with Gasteiger partial charge in [-0.2, -0.15) is 21.0 Å². The Hall–Kier alpha value is -12.6. The number of nitrogens with one attached hydrogen (secondary N) is 1. The number of hydrogen-bond donors (Lipinski definition) is 0. The number of hydrogen-bond acceptors (Lipinski definition) is 13. The van der Waals surface area contributed by atoms with E-state index in [2.05, 4.69) is 202 Å². The van der Waals surface area contributed by atoms with Gasteiger partial charge in [0.15, 0.2) is 29.0 Å². The van der Waals surface area contributed by atoms with Gasteiger partial charge >= 0.3 is 18.9 Å². The number of rotatable bonds is 3. The number of fused-ring (bicyclic) bond motifs is 14. The molecule has 10 aromatic carbocycles. The number of para-hydroxylation sites is 1. The number of nitrogens with zero attached hydrogens (tertiary/aromatic N) is 13. The van der Waals surface area contributed by atoms with E-state index in [4.69, 9.17) is 18.1 Å². The van der Waals surface area contributed by atoms with Gasteiger partial charge in [-0.15, -0.1) is 21.3 Å². The number of thiophene rings is 1. The summed E-state index contributed by atoms with van der Waals surface area (Å²) in [6.45, 7) is 14.5. The van der Waals surface area contributed by atoms with E-state index < -0.39 is 0 Å². The summed E-state index contributed by atoms with van der Waals surface area (Å²) >= 11 is 1.83. The molecule has 15 nitrogen and oxygen atoms in total. The standard InChI is InChI=1S/C45H27NS.C18N12.C9H7NO.Li/c1-3-11-30-25-32(19-17-28(30)9-1)42-36-14-5-6-15-37(36)43(33-20-18-29-10-2-4-12-31(29)26-33)40-27-34(21-22-38(40)42)44-45-39(23-24-46-44)35-13-7-8-16-41(35)47-45;1-23-17-18(24-2)30-16-14-12(26-8(4-20)10(6-22)28-14)11-13(15(16)29-17)27-9(5-21)7(3-19)25-11;11-8-5-1-3-7-4-2-6-10-9(7)8;/h1-27H;;1-6,11H;/q;;;+1. The number of aromatic nitrogens is 8. The van der Waals surface area contributed by atoms with Crippen molar-refractivity contribution in [3.63, 3.8) is 0 Å². The first-order valence-electron chi connectivity index (χ1n) is 27.2. The molecule has 0 saturated carbocycles. The Morgan fingerprint density at radius 3 is 1.39 bits per heavy atom. The van der Waals surface area contributed by atoms with E-state index in [9.17, 15) is 26.2 Å². The summed E-state index contributed by atoms with van der Waals surface area (Å²) < 4.78 is 2.52. The van der Waals surface area contributed by atoms with Gasteiger partial charge < -0.3 is 14.8 Å². The van der Waals surface area contributed by atoms with Crippen LogP contribution in [-0.4, -0.2) is 34.9 Å². The average molecular weight is 1150 g/mol. The van der Waals surface area contributed by atoms with E-state index in [0.717, 1.165) is 16.6 Å². The Labute approximate surface area is 521 Å². The van der Waals surface area contributed by atoms with Crippen molar-refractivity contribution in [2.45, 2.75) is 0 Å². The van der Waals surface area contributed by atoms with Gasteiger partial charge in [-0.1, -0.05) is 153 Å². The minimum absolute atomic E-state index is 0. The molecule has 0 aliphatic carbocycles. The van der Waals surface area contributed by atoms with Crippen LogP contribution in [0, 0.1) is 58.5 Å². The van der Waals surface area contributed by atoms with Gasteiger partial charge in [0, 0.05) is 38.7 Å². The maximum atomic E-state index is 11.1. The van der Waals surface area contributed by atoms with Crippen LogP contribution >= 0.6 is 11.3 Å². The van der Waals surface area contributed by atoms with Crippen molar-refractivity contribution in [1.29, 1.82) is 21.0 Å². The van der Waals surface area contributed by atoms with Crippen LogP contribution in [-0.2, 0) is 0 Å². The predicted octanol–water partition coefficient (Wildman–Crippen LogP) is 12.9. The van der Waals surface area contributed by atoms with E-state index in [-0.39, 0.29) is 92.1 Å². The molecule has 0 unspecified atom stereocenters. The van der Waals surface area contributed by atoms with Crippen LogP contribution in [0.2, 0.25) is 0 Å². The third-order valence-corrected chi connectivity index (χ3v) is 16.5. The number of nitriles is 4. The topological polar surface area (TPSA) is 231 Å². The normalized spacial score (nSPS) is 10.8. The van der Waals surface area contributed by atoms with Crippen LogP contribution < -0.4 is 29.0 Å².